The minimum Gasteiger partial charge on any atom is -0.497 e. The normalized spacial score (nSPS) is 11.4. The minimum absolute atomic E-state index is 0.326. The summed E-state index contributed by atoms with van der Waals surface area (Å²) in [5, 5.41) is 0. The monoisotopic (exact) mass is 387 g/mol. The van der Waals surface area contributed by atoms with Crippen molar-refractivity contribution in [3.8, 4) is 22.7 Å². The summed E-state index contributed by atoms with van der Waals surface area (Å²) in [6.07, 6.45) is 1.87. The van der Waals surface area contributed by atoms with Gasteiger partial charge < -0.3 is 4.74 Å². The number of aryl methyl sites for hydroxylation is 1. The van der Waals surface area contributed by atoms with Crippen LogP contribution in [0.3, 0.4) is 0 Å². The molecule has 0 unspecified atom stereocenters. The summed E-state index contributed by atoms with van der Waals surface area (Å²) in [5.41, 5.74) is 2.39. The number of aromatic amines is 1. The molecule has 2 aromatic carbocycles. The molecular weight excluding hydrogens is 370 g/mol. The van der Waals surface area contributed by atoms with Crippen molar-refractivity contribution >= 4 is 16.9 Å². The standard InChI is InChI=1S/C21H17N5O3/c1-24-18-17(19(27)23-21(24)28)25-12-16(13-6-4-3-5-7-13)26(20(25)22-18)14-8-10-15(29-2)11-9-14/h3-12H,1-2H3,(H,23,27,28). The second-order valence-corrected chi connectivity index (χ2v) is 6.69. The minimum atomic E-state index is -0.498. The predicted octanol–water partition coefficient (Wildman–Crippen LogP) is 2.34. The molecule has 0 radical (unpaired) electrons. The quantitative estimate of drug-likeness (QED) is 0.515. The van der Waals surface area contributed by atoms with E-state index in [0.717, 1.165) is 22.7 Å². The van der Waals surface area contributed by atoms with Crippen LogP contribution in [0.15, 0.2) is 70.4 Å². The van der Waals surface area contributed by atoms with Crippen LogP contribution < -0.4 is 16.0 Å². The summed E-state index contributed by atoms with van der Waals surface area (Å²) < 4.78 is 10.3. The second-order valence-electron chi connectivity index (χ2n) is 6.69. The number of nitrogens with one attached hydrogen (secondary N) is 1. The van der Waals surface area contributed by atoms with Crippen LogP contribution >= 0.6 is 0 Å². The number of methoxy groups -OCH3 is 1. The third-order valence-electron chi connectivity index (χ3n) is 5.02. The van der Waals surface area contributed by atoms with E-state index in [1.54, 1.807) is 18.6 Å². The number of benzene rings is 2. The Hall–Kier alpha value is -4.07. The first-order valence-electron chi connectivity index (χ1n) is 9.01. The van der Waals surface area contributed by atoms with E-state index in [4.69, 9.17) is 4.74 Å². The van der Waals surface area contributed by atoms with Gasteiger partial charge in [-0.15, -0.1) is 0 Å². The maximum atomic E-state index is 12.5. The number of ether oxygens (including phenoxy) is 1. The van der Waals surface area contributed by atoms with Crippen LogP contribution in [0.5, 0.6) is 5.75 Å². The van der Waals surface area contributed by atoms with Crippen molar-refractivity contribution < 1.29 is 4.74 Å². The second kappa shape index (κ2) is 6.23. The highest BCUT2D eigenvalue weighted by molar-refractivity contribution is 5.79. The van der Waals surface area contributed by atoms with Gasteiger partial charge in [0.05, 0.1) is 12.8 Å². The molecule has 0 amide bonds. The Labute approximate surface area is 164 Å². The Morgan fingerprint density at radius 3 is 2.41 bits per heavy atom. The van der Waals surface area contributed by atoms with Gasteiger partial charge in [0.1, 0.15) is 5.75 Å². The van der Waals surface area contributed by atoms with Crippen LogP contribution in [0.1, 0.15) is 0 Å². The lowest BCUT2D eigenvalue weighted by molar-refractivity contribution is 0.415. The molecule has 3 heterocycles. The summed E-state index contributed by atoms with van der Waals surface area (Å²) >= 11 is 0. The van der Waals surface area contributed by atoms with E-state index in [1.165, 1.54) is 4.57 Å². The van der Waals surface area contributed by atoms with E-state index in [9.17, 15) is 9.59 Å². The summed E-state index contributed by atoms with van der Waals surface area (Å²) in [4.78, 5) is 31.5. The number of rotatable bonds is 3. The first-order valence-corrected chi connectivity index (χ1v) is 9.01. The van der Waals surface area contributed by atoms with Crippen molar-refractivity contribution in [2.75, 3.05) is 7.11 Å². The van der Waals surface area contributed by atoms with E-state index >= 15 is 0 Å². The Balaban J connectivity index is 1.92. The highest BCUT2D eigenvalue weighted by atomic mass is 16.5. The summed E-state index contributed by atoms with van der Waals surface area (Å²) in [6, 6.07) is 17.4. The predicted molar refractivity (Wildman–Crippen MR) is 110 cm³/mol. The van der Waals surface area contributed by atoms with Crippen molar-refractivity contribution in [3.63, 3.8) is 0 Å². The van der Waals surface area contributed by atoms with Gasteiger partial charge in [-0.05, 0) is 24.3 Å². The average molecular weight is 387 g/mol. The third kappa shape index (κ3) is 2.49. The van der Waals surface area contributed by atoms with E-state index in [2.05, 4.69) is 9.97 Å². The SMILES string of the molecule is COc1ccc(-n2c(-c3ccccc3)cn3c4c(=O)[nH]c(=O)n(C)c4nc23)cc1. The zero-order valence-electron chi connectivity index (χ0n) is 15.8. The highest BCUT2D eigenvalue weighted by Gasteiger charge is 2.20. The lowest BCUT2D eigenvalue weighted by Gasteiger charge is -2.10. The number of hydrogen-bond acceptors (Lipinski definition) is 4. The van der Waals surface area contributed by atoms with Gasteiger partial charge in [-0.2, -0.15) is 4.98 Å². The molecule has 144 valence electrons. The van der Waals surface area contributed by atoms with E-state index < -0.39 is 11.2 Å². The molecule has 0 bridgehead atoms. The van der Waals surface area contributed by atoms with Gasteiger partial charge in [0, 0.05) is 24.5 Å². The fraction of sp³-hybridized carbons (Fsp3) is 0.0952. The molecule has 0 aliphatic rings. The van der Waals surface area contributed by atoms with Crippen LogP contribution in [-0.2, 0) is 7.05 Å². The number of imidazole rings is 2. The number of nitrogens with zero attached hydrogens (tertiary/aromatic N) is 4. The van der Waals surface area contributed by atoms with Gasteiger partial charge in [-0.1, -0.05) is 30.3 Å². The van der Waals surface area contributed by atoms with Gasteiger partial charge >= 0.3 is 5.69 Å². The van der Waals surface area contributed by atoms with E-state index in [-0.39, 0.29) is 0 Å². The number of fused-ring (bicyclic) bond motifs is 3. The molecule has 8 heteroatoms. The van der Waals surface area contributed by atoms with Crippen LogP contribution in [0.2, 0.25) is 0 Å². The first kappa shape index (κ1) is 17.1. The molecule has 0 atom stereocenters. The number of hydrogen-bond donors (Lipinski definition) is 1. The van der Waals surface area contributed by atoms with E-state index in [0.29, 0.717) is 16.9 Å². The lowest BCUT2D eigenvalue weighted by atomic mass is 10.1. The molecule has 3 aromatic heterocycles. The molecule has 0 saturated carbocycles. The topological polar surface area (TPSA) is 86.3 Å². The van der Waals surface area contributed by atoms with Crippen molar-refractivity contribution in [2.24, 2.45) is 7.05 Å². The number of H-pyrrole nitrogens is 1. The Bertz CT molecular complexity index is 1470. The largest absolute Gasteiger partial charge is 0.497 e. The molecule has 5 rings (SSSR count). The van der Waals surface area contributed by atoms with Gasteiger partial charge in [-0.25, -0.2) is 4.79 Å². The Morgan fingerprint density at radius 2 is 1.72 bits per heavy atom. The molecule has 5 aromatic rings. The molecule has 0 fully saturated rings. The molecule has 1 N–H and O–H groups in total. The molecular formula is C21H17N5O3. The van der Waals surface area contributed by atoms with Gasteiger partial charge in [0.25, 0.3) is 5.56 Å². The maximum Gasteiger partial charge on any atom is 0.329 e. The van der Waals surface area contributed by atoms with Gasteiger partial charge in [0.2, 0.25) is 5.78 Å². The maximum absolute atomic E-state index is 12.5. The molecule has 0 spiro atoms. The lowest BCUT2D eigenvalue weighted by Crippen LogP contribution is -2.28. The zero-order valence-corrected chi connectivity index (χ0v) is 15.8. The third-order valence-corrected chi connectivity index (χ3v) is 5.02. The molecule has 29 heavy (non-hydrogen) atoms. The fourth-order valence-corrected chi connectivity index (χ4v) is 3.56. The molecule has 0 saturated heterocycles. The van der Waals surface area contributed by atoms with Crippen molar-refractivity contribution in [2.45, 2.75) is 0 Å². The average Bonchev–Trinajstić information content (AvgIpc) is 3.29. The zero-order chi connectivity index (χ0) is 20.1. The summed E-state index contributed by atoms with van der Waals surface area (Å²) in [7, 11) is 3.20. The Kier molecular flexibility index (Phi) is 3.67. The van der Waals surface area contributed by atoms with Gasteiger partial charge in [-0.3, -0.25) is 23.3 Å². The summed E-state index contributed by atoms with van der Waals surface area (Å²) in [5.74, 6) is 1.28. The fourth-order valence-electron chi connectivity index (χ4n) is 3.56. The van der Waals surface area contributed by atoms with Gasteiger partial charge in [0.15, 0.2) is 11.2 Å². The smallest absolute Gasteiger partial charge is 0.329 e. The Morgan fingerprint density at radius 1 is 1.00 bits per heavy atom. The van der Waals surface area contributed by atoms with Crippen molar-refractivity contribution in [1.29, 1.82) is 0 Å². The molecule has 8 nitrogen and oxygen atoms in total. The molecule has 0 aliphatic carbocycles. The molecule has 0 aliphatic heterocycles. The van der Waals surface area contributed by atoms with Crippen LogP contribution in [0, 0.1) is 0 Å². The highest BCUT2D eigenvalue weighted by Crippen LogP contribution is 2.29. The van der Waals surface area contributed by atoms with Crippen molar-refractivity contribution in [3.05, 3.63) is 81.6 Å². The van der Waals surface area contributed by atoms with E-state index in [1.807, 2.05) is 65.4 Å². The first-order chi connectivity index (χ1) is 14.1. The van der Waals surface area contributed by atoms with Crippen LogP contribution in [-0.4, -0.2) is 30.6 Å². The summed E-state index contributed by atoms with van der Waals surface area (Å²) in [6.45, 7) is 0. The van der Waals surface area contributed by atoms with Crippen LogP contribution in [0.25, 0.3) is 33.9 Å². The van der Waals surface area contributed by atoms with Crippen molar-refractivity contribution in [1.82, 2.24) is 23.5 Å². The van der Waals surface area contributed by atoms with Crippen LogP contribution in [0.4, 0.5) is 0 Å². The number of aromatic nitrogens is 5.